The summed E-state index contributed by atoms with van der Waals surface area (Å²) in [5.41, 5.74) is 0.0411. The molecular weight excluding hydrogens is 226 g/mol. The highest BCUT2D eigenvalue weighted by atomic mass is 19.2. The number of halogens is 2. The van der Waals surface area contributed by atoms with Crippen LogP contribution in [0, 0.1) is 11.6 Å². The van der Waals surface area contributed by atoms with Crippen LogP contribution >= 0.6 is 0 Å². The second kappa shape index (κ2) is 6.99. The third kappa shape index (κ3) is 4.51. The van der Waals surface area contributed by atoms with E-state index in [2.05, 4.69) is 6.92 Å². The van der Waals surface area contributed by atoms with Gasteiger partial charge in [-0.25, -0.2) is 13.6 Å². The first-order valence-corrected chi connectivity index (χ1v) is 5.77. The van der Waals surface area contributed by atoms with Crippen molar-refractivity contribution in [1.29, 1.82) is 0 Å². The Balaban J connectivity index is 2.39. The van der Waals surface area contributed by atoms with Crippen LogP contribution < -0.4 is 0 Å². The van der Waals surface area contributed by atoms with E-state index >= 15 is 0 Å². The molecule has 1 aromatic rings. The molecule has 1 aromatic carbocycles. The van der Waals surface area contributed by atoms with Gasteiger partial charge in [-0.3, -0.25) is 0 Å². The number of hydrogen-bond acceptors (Lipinski definition) is 2. The van der Waals surface area contributed by atoms with E-state index in [-0.39, 0.29) is 5.56 Å². The van der Waals surface area contributed by atoms with Crippen molar-refractivity contribution in [3.8, 4) is 0 Å². The summed E-state index contributed by atoms with van der Waals surface area (Å²) in [6.07, 6.45) is 4.00. The van der Waals surface area contributed by atoms with Gasteiger partial charge in [-0.2, -0.15) is 0 Å². The van der Waals surface area contributed by atoms with Crippen LogP contribution in [0.3, 0.4) is 0 Å². The van der Waals surface area contributed by atoms with Gasteiger partial charge in [-0.1, -0.05) is 26.2 Å². The first-order chi connectivity index (χ1) is 8.15. The lowest BCUT2D eigenvalue weighted by molar-refractivity contribution is 0.0497. The van der Waals surface area contributed by atoms with E-state index in [1.165, 1.54) is 6.07 Å². The zero-order chi connectivity index (χ0) is 12.7. The number of unbranched alkanes of at least 4 members (excludes halogenated alkanes) is 3. The molecule has 1 rings (SSSR count). The van der Waals surface area contributed by atoms with Crippen LogP contribution in [0.5, 0.6) is 0 Å². The summed E-state index contributed by atoms with van der Waals surface area (Å²) in [6.45, 7) is 2.41. The molecule has 0 radical (unpaired) electrons. The minimum Gasteiger partial charge on any atom is -0.462 e. The van der Waals surface area contributed by atoms with Gasteiger partial charge in [0.1, 0.15) is 0 Å². The standard InChI is InChI=1S/C13H16F2O2/c1-2-3-4-5-8-17-13(16)10-6-7-11(14)12(15)9-10/h6-7,9H,2-5,8H2,1H3. The highest BCUT2D eigenvalue weighted by Gasteiger charge is 2.10. The number of hydrogen-bond donors (Lipinski definition) is 0. The molecule has 4 heteroatoms. The third-order valence-electron chi connectivity index (χ3n) is 2.39. The van der Waals surface area contributed by atoms with Gasteiger partial charge in [0.2, 0.25) is 0 Å². The Morgan fingerprint density at radius 2 is 1.94 bits per heavy atom. The number of carbonyl (C=O) groups excluding carboxylic acids is 1. The van der Waals surface area contributed by atoms with E-state index < -0.39 is 17.6 Å². The summed E-state index contributed by atoms with van der Waals surface area (Å²) in [6, 6.07) is 2.99. The van der Waals surface area contributed by atoms with E-state index in [4.69, 9.17) is 4.74 Å². The van der Waals surface area contributed by atoms with E-state index in [1.807, 2.05) is 0 Å². The van der Waals surface area contributed by atoms with E-state index in [1.54, 1.807) is 0 Å². The molecule has 94 valence electrons. The van der Waals surface area contributed by atoms with E-state index in [0.717, 1.165) is 37.8 Å². The summed E-state index contributed by atoms with van der Waals surface area (Å²) in [5.74, 6) is -2.62. The van der Waals surface area contributed by atoms with Crippen molar-refractivity contribution in [2.75, 3.05) is 6.61 Å². The largest absolute Gasteiger partial charge is 0.462 e. The van der Waals surface area contributed by atoms with E-state index in [0.29, 0.717) is 6.61 Å². The maximum Gasteiger partial charge on any atom is 0.338 e. The lowest BCUT2D eigenvalue weighted by Gasteiger charge is -2.04. The van der Waals surface area contributed by atoms with Gasteiger partial charge in [0, 0.05) is 0 Å². The summed E-state index contributed by atoms with van der Waals surface area (Å²) in [5, 5.41) is 0. The second-order valence-corrected chi connectivity index (χ2v) is 3.83. The topological polar surface area (TPSA) is 26.3 Å². The zero-order valence-electron chi connectivity index (χ0n) is 9.84. The molecule has 0 heterocycles. The predicted molar refractivity (Wildman–Crippen MR) is 60.8 cm³/mol. The molecular formula is C13H16F2O2. The second-order valence-electron chi connectivity index (χ2n) is 3.83. The molecule has 0 spiro atoms. The Morgan fingerprint density at radius 3 is 2.59 bits per heavy atom. The van der Waals surface area contributed by atoms with Crippen molar-refractivity contribution in [3.05, 3.63) is 35.4 Å². The SMILES string of the molecule is CCCCCCOC(=O)c1ccc(F)c(F)c1. The van der Waals surface area contributed by atoms with Crippen LogP contribution in [0.2, 0.25) is 0 Å². The lowest BCUT2D eigenvalue weighted by Crippen LogP contribution is -2.07. The number of benzene rings is 1. The Hall–Kier alpha value is -1.45. The average Bonchev–Trinajstić information content (AvgIpc) is 2.32. The van der Waals surface area contributed by atoms with Crippen molar-refractivity contribution in [2.45, 2.75) is 32.6 Å². The molecule has 0 N–H and O–H groups in total. The maximum absolute atomic E-state index is 12.8. The van der Waals surface area contributed by atoms with Gasteiger partial charge in [-0.05, 0) is 24.6 Å². The van der Waals surface area contributed by atoms with Gasteiger partial charge in [-0.15, -0.1) is 0 Å². The normalized spacial score (nSPS) is 10.3. The molecule has 0 saturated heterocycles. The fraction of sp³-hybridized carbons (Fsp3) is 0.462. The molecule has 2 nitrogen and oxygen atoms in total. The number of esters is 1. The van der Waals surface area contributed by atoms with E-state index in [9.17, 15) is 13.6 Å². The monoisotopic (exact) mass is 242 g/mol. The van der Waals surface area contributed by atoms with Crippen LogP contribution in [0.1, 0.15) is 43.0 Å². The van der Waals surface area contributed by atoms with Crippen molar-refractivity contribution in [1.82, 2.24) is 0 Å². The molecule has 0 saturated carbocycles. The number of rotatable bonds is 6. The fourth-order valence-corrected chi connectivity index (χ4v) is 1.40. The molecule has 0 bridgehead atoms. The summed E-state index contributed by atoms with van der Waals surface area (Å²) < 4.78 is 30.4. The average molecular weight is 242 g/mol. The van der Waals surface area contributed by atoms with Crippen molar-refractivity contribution >= 4 is 5.97 Å². The molecule has 0 aliphatic rings. The van der Waals surface area contributed by atoms with Crippen molar-refractivity contribution in [3.63, 3.8) is 0 Å². The Morgan fingerprint density at radius 1 is 1.18 bits per heavy atom. The Kier molecular flexibility index (Phi) is 5.60. The summed E-state index contributed by atoms with van der Waals surface area (Å²) in [7, 11) is 0. The van der Waals surface area contributed by atoms with Crippen LogP contribution in [-0.4, -0.2) is 12.6 Å². The quantitative estimate of drug-likeness (QED) is 0.561. The minimum absolute atomic E-state index is 0.0411. The van der Waals surface area contributed by atoms with Crippen LogP contribution in [0.4, 0.5) is 8.78 Å². The Labute approximate surface area is 99.6 Å². The van der Waals surface area contributed by atoms with Crippen LogP contribution in [0.15, 0.2) is 18.2 Å². The number of ether oxygens (including phenoxy) is 1. The summed E-state index contributed by atoms with van der Waals surface area (Å²) in [4.78, 5) is 11.4. The first kappa shape index (κ1) is 13.6. The lowest BCUT2D eigenvalue weighted by atomic mass is 10.2. The van der Waals surface area contributed by atoms with Crippen molar-refractivity contribution < 1.29 is 18.3 Å². The maximum atomic E-state index is 12.8. The van der Waals surface area contributed by atoms with Gasteiger partial charge in [0.15, 0.2) is 11.6 Å². The van der Waals surface area contributed by atoms with Gasteiger partial charge < -0.3 is 4.74 Å². The minimum atomic E-state index is -1.04. The predicted octanol–water partition coefficient (Wildman–Crippen LogP) is 3.70. The third-order valence-corrected chi connectivity index (χ3v) is 2.39. The molecule has 0 fully saturated rings. The molecule has 0 amide bonds. The molecule has 0 unspecified atom stereocenters. The molecule has 0 aliphatic carbocycles. The highest BCUT2D eigenvalue weighted by molar-refractivity contribution is 5.89. The van der Waals surface area contributed by atoms with Gasteiger partial charge in [0.05, 0.1) is 12.2 Å². The smallest absolute Gasteiger partial charge is 0.338 e. The van der Waals surface area contributed by atoms with Gasteiger partial charge >= 0.3 is 5.97 Å². The zero-order valence-corrected chi connectivity index (χ0v) is 9.84. The van der Waals surface area contributed by atoms with Crippen LogP contribution in [-0.2, 0) is 4.74 Å². The highest BCUT2D eigenvalue weighted by Crippen LogP contribution is 2.10. The Bertz CT molecular complexity index is 378. The molecule has 0 aromatic heterocycles. The fourth-order valence-electron chi connectivity index (χ4n) is 1.40. The molecule has 0 atom stereocenters. The molecule has 17 heavy (non-hydrogen) atoms. The van der Waals surface area contributed by atoms with Crippen molar-refractivity contribution in [2.24, 2.45) is 0 Å². The molecule has 0 aliphatic heterocycles. The summed E-state index contributed by atoms with van der Waals surface area (Å²) >= 11 is 0. The first-order valence-electron chi connectivity index (χ1n) is 5.77. The number of carbonyl (C=O) groups is 1. The van der Waals surface area contributed by atoms with Crippen LogP contribution in [0.25, 0.3) is 0 Å². The van der Waals surface area contributed by atoms with Gasteiger partial charge in [0.25, 0.3) is 0 Å².